The molecule has 1 aliphatic heterocycles. The number of oxazole rings is 1. The van der Waals surface area contributed by atoms with E-state index in [4.69, 9.17) is 9.15 Å². The zero-order valence-corrected chi connectivity index (χ0v) is 7.77. The van der Waals surface area contributed by atoms with Crippen molar-refractivity contribution in [2.75, 3.05) is 19.7 Å². The van der Waals surface area contributed by atoms with E-state index in [2.05, 4.69) is 16.8 Å². The van der Waals surface area contributed by atoms with E-state index in [1.807, 2.05) is 0 Å². The Hall–Kier alpha value is -0.870. The molecule has 1 aliphatic rings. The number of morpholine rings is 1. The Morgan fingerprint density at radius 2 is 2.62 bits per heavy atom. The van der Waals surface area contributed by atoms with Crippen LogP contribution < -0.4 is 0 Å². The van der Waals surface area contributed by atoms with Crippen LogP contribution in [0.15, 0.2) is 17.0 Å². The molecule has 0 unspecified atom stereocenters. The first-order valence-corrected chi connectivity index (χ1v) is 4.56. The van der Waals surface area contributed by atoms with Gasteiger partial charge in [-0.3, -0.25) is 4.90 Å². The molecule has 1 saturated heterocycles. The summed E-state index contributed by atoms with van der Waals surface area (Å²) in [4.78, 5) is 6.20. The van der Waals surface area contributed by atoms with E-state index in [1.165, 1.54) is 6.39 Å². The van der Waals surface area contributed by atoms with Gasteiger partial charge < -0.3 is 9.15 Å². The van der Waals surface area contributed by atoms with Crippen LogP contribution in [0.4, 0.5) is 0 Å². The van der Waals surface area contributed by atoms with Crippen LogP contribution in [-0.4, -0.2) is 35.7 Å². The van der Waals surface area contributed by atoms with Gasteiger partial charge in [0.25, 0.3) is 0 Å². The van der Waals surface area contributed by atoms with Crippen LogP contribution >= 0.6 is 0 Å². The lowest BCUT2D eigenvalue weighted by atomic mass is 10.3. The molecule has 4 nitrogen and oxygen atoms in total. The lowest BCUT2D eigenvalue weighted by Crippen LogP contribution is -2.40. The minimum atomic E-state index is 0.330. The van der Waals surface area contributed by atoms with Crippen molar-refractivity contribution >= 4 is 0 Å². The molecule has 0 bridgehead atoms. The molecule has 1 aromatic heterocycles. The molecule has 0 N–H and O–H groups in total. The van der Waals surface area contributed by atoms with Gasteiger partial charge in [0.15, 0.2) is 6.39 Å². The highest BCUT2D eigenvalue weighted by Crippen LogP contribution is 2.09. The minimum Gasteiger partial charge on any atom is -0.447 e. The van der Waals surface area contributed by atoms with Crippen LogP contribution in [0, 0.1) is 0 Å². The van der Waals surface area contributed by atoms with Crippen molar-refractivity contribution in [3.8, 4) is 0 Å². The van der Waals surface area contributed by atoms with Crippen molar-refractivity contribution in [3.05, 3.63) is 18.4 Å². The van der Waals surface area contributed by atoms with Crippen molar-refractivity contribution in [2.24, 2.45) is 0 Å². The van der Waals surface area contributed by atoms with Crippen LogP contribution in [-0.2, 0) is 11.3 Å². The van der Waals surface area contributed by atoms with Gasteiger partial charge in [0.05, 0.1) is 25.5 Å². The van der Waals surface area contributed by atoms with E-state index in [0.717, 1.165) is 32.0 Å². The fourth-order valence-corrected chi connectivity index (χ4v) is 1.57. The molecule has 0 spiro atoms. The van der Waals surface area contributed by atoms with Gasteiger partial charge in [-0.25, -0.2) is 4.98 Å². The van der Waals surface area contributed by atoms with E-state index < -0.39 is 0 Å². The Labute approximate surface area is 77.5 Å². The Kier molecular flexibility index (Phi) is 2.61. The molecule has 0 saturated carbocycles. The third-order valence-corrected chi connectivity index (χ3v) is 2.19. The number of hydrogen-bond donors (Lipinski definition) is 0. The number of aromatic nitrogens is 1. The van der Waals surface area contributed by atoms with Gasteiger partial charge in [0, 0.05) is 13.1 Å². The second-order valence-corrected chi connectivity index (χ2v) is 3.38. The molecule has 0 aromatic carbocycles. The molecule has 0 radical (unpaired) electrons. The summed E-state index contributed by atoms with van der Waals surface area (Å²) in [5, 5.41) is 0. The van der Waals surface area contributed by atoms with E-state index in [0.29, 0.717) is 6.10 Å². The average molecular weight is 182 g/mol. The van der Waals surface area contributed by atoms with Crippen molar-refractivity contribution in [2.45, 2.75) is 19.6 Å². The van der Waals surface area contributed by atoms with Crippen molar-refractivity contribution in [1.29, 1.82) is 0 Å². The quantitative estimate of drug-likeness (QED) is 0.681. The fourth-order valence-electron chi connectivity index (χ4n) is 1.57. The van der Waals surface area contributed by atoms with Gasteiger partial charge in [-0.05, 0) is 6.92 Å². The maximum absolute atomic E-state index is 5.44. The highest BCUT2D eigenvalue weighted by atomic mass is 16.5. The van der Waals surface area contributed by atoms with Crippen LogP contribution in [0.3, 0.4) is 0 Å². The first-order valence-electron chi connectivity index (χ1n) is 4.56. The molecule has 13 heavy (non-hydrogen) atoms. The highest BCUT2D eigenvalue weighted by molar-refractivity contribution is 4.88. The Balaban J connectivity index is 1.87. The summed E-state index contributed by atoms with van der Waals surface area (Å²) < 4.78 is 10.6. The summed E-state index contributed by atoms with van der Waals surface area (Å²) in [6.07, 6.45) is 3.57. The highest BCUT2D eigenvalue weighted by Gasteiger charge is 2.17. The van der Waals surface area contributed by atoms with Crippen LogP contribution in [0.5, 0.6) is 0 Å². The first kappa shape index (κ1) is 8.72. The molecule has 0 aliphatic carbocycles. The topological polar surface area (TPSA) is 38.5 Å². The van der Waals surface area contributed by atoms with Gasteiger partial charge in [0.2, 0.25) is 0 Å². The van der Waals surface area contributed by atoms with E-state index in [1.54, 1.807) is 6.20 Å². The zero-order valence-electron chi connectivity index (χ0n) is 7.77. The third kappa shape index (κ3) is 2.29. The lowest BCUT2D eigenvalue weighted by molar-refractivity contribution is -0.0230. The second kappa shape index (κ2) is 3.89. The normalized spacial score (nSPS) is 24.8. The molecular weight excluding hydrogens is 168 g/mol. The van der Waals surface area contributed by atoms with E-state index >= 15 is 0 Å². The van der Waals surface area contributed by atoms with Crippen LogP contribution in [0.1, 0.15) is 12.7 Å². The summed E-state index contributed by atoms with van der Waals surface area (Å²) in [5.74, 6) is 0.925. The van der Waals surface area contributed by atoms with Crippen molar-refractivity contribution < 1.29 is 9.15 Å². The second-order valence-electron chi connectivity index (χ2n) is 3.38. The molecule has 4 heteroatoms. The van der Waals surface area contributed by atoms with E-state index in [-0.39, 0.29) is 0 Å². The third-order valence-electron chi connectivity index (χ3n) is 2.19. The van der Waals surface area contributed by atoms with Gasteiger partial charge in [0.1, 0.15) is 5.76 Å². The van der Waals surface area contributed by atoms with Gasteiger partial charge in [-0.15, -0.1) is 0 Å². The number of nitrogens with zero attached hydrogens (tertiary/aromatic N) is 2. The molecule has 1 aromatic rings. The van der Waals surface area contributed by atoms with Crippen molar-refractivity contribution in [1.82, 2.24) is 9.88 Å². The summed E-state index contributed by atoms with van der Waals surface area (Å²) in [6.45, 7) is 5.70. The summed E-state index contributed by atoms with van der Waals surface area (Å²) in [5.41, 5.74) is 0. The molecule has 1 atom stereocenters. The predicted octanol–water partition coefficient (Wildman–Crippen LogP) is 0.895. The lowest BCUT2D eigenvalue weighted by Gasteiger charge is -2.30. The fraction of sp³-hybridized carbons (Fsp3) is 0.667. The molecule has 72 valence electrons. The Bertz CT molecular complexity index is 248. The molecule has 1 fully saturated rings. The minimum absolute atomic E-state index is 0.330. The molecular formula is C9H14N2O2. The Morgan fingerprint density at radius 3 is 3.31 bits per heavy atom. The molecule has 2 heterocycles. The van der Waals surface area contributed by atoms with Gasteiger partial charge >= 0.3 is 0 Å². The molecule has 2 rings (SSSR count). The van der Waals surface area contributed by atoms with E-state index in [9.17, 15) is 0 Å². The smallest absolute Gasteiger partial charge is 0.180 e. The van der Waals surface area contributed by atoms with Crippen LogP contribution in [0.2, 0.25) is 0 Å². The van der Waals surface area contributed by atoms with Gasteiger partial charge in [-0.2, -0.15) is 0 Å². The SMILES string of the molecule is C[C@@H]1CN(Cc2cnco2)CCO1. The molecule has 0 amide bonds. The maximum atomic E-state index is 5.44. The largest absolute Gasteiger partial charge is 0.447 e. The monoisotopic (exact) mass is 182 g/mol. The summed E-state index contributed by atoms with van der Waals surface area (Å²) >= 11 is 0. The first-order chi connectivity index (χ1) is 6.34. The standard InChI is InChI=1S/C9H14N2O2/c1-8-5-11(2-3-12-8)6-9-4-10-7-13-9/h4,7-8H,2-3,5-6H2,1H3/t8-/m1/s1. The van der Waals surface area contributed by atoms with Gasteiger partial charge in [-0.1, -0.05) is 0 Å². The summed E-state index contributed by atoms with van der Waals surface area (Å²) in [6, 6.07) is 0. The average Bonchev–Trinajstić information content (AvgIpc) is 2.57. The number of hydrogen-bond acceptors (Lipinski definition) is 4. The van der Waals surface area contributed by atoms with Crippen molar-refractivity contribution in [3.63, 3.8) is 0 Å². The number of ether oxygens (including phenoxy) is 1. The number of rotatable bonds is 2. The maximum Gasteiger partial charge on any atom is 0.180 e. The summed E-state index contributed by atoms with van der Waals surface area (Å²) in [7, 11) is 0. The zero-order chi connectivity index (χ0) is 9.10. The predicted molar refractivity (Wildman–Crippen MR) is 47.2 cm³/mol. The van der Waals surface area contributed by atoms with Crippen LogP contribution in [0.25, 0.3) is 0 Å². The Morgan fingerprint density at radius 1 is 1.69 bits per heavy atom.